The van der Waals surface area contributed by atoms with E-state index in [0.717, 1.165) is 7.11 Å². The van der Waals surface area contributed by atoms with Gasteiger partial charge in [-0.25, -0.2) is 9.98 Å². The highest BCUT2D eigenvalue weighted by atomic mass is 19.4. The number of para-hydroxylation sites is 2. The molecule has 0 saturated heterocycles. The molecule has 25 heavy (non-hydrogen) atoms. The molecule has 0 atom stereocenters. The third kappa shape index (κ3) is 3.71. The van der Waals surface area contributed by atoms with Crippen molar-refractivity contribution in [1.29, 1.82) is 0 Å². The summed E-state index contributed by atoms with van der Waals surface area (Å²) in [5, 5.41) is 0. The minimum Gasteiger partial charge on any atom is -0.468 e. The highest BCUT2D eigenvalue weighted by molar-refractivity contribution is 6.48. The van der Waals surface area contributed by atoms with Crippen molar-refractivity contribution in [2.24, 2.45) is 9.98 Å². The Kier molecular flexibility index (Phi) is 4.56. The molecule has 0 fully saturated rings. The molecule has 0 radical (unpaired) electrons. The fraction of sp³-hybridized carbons (Fsp3) is 0.111. The van der Waals surface area contributed by atoms with E-state index in [4.69, 9.17) is 9.47 Å². The number of nitrogens with zero attached hydrogens (tertiary/aromatic N) is 2. The molecule has 0 aromatic heterocycles. The van der Waals surface area contributed by atoms with Gasteiger partial charge in [-0.2, -0.15) is 13.2 Å². The Hall–Kier alpha value is -3.09. The van der Waals surface area contributed by atoms with E-state index in [1.165, 1.54) is 0 Å². The van der Waals surface area contributed by atoms with Gasteiger partial charge < -0.3 is 9.47 Å². The molecule has 0 bridgehead atoms. The van der Waals surface area contributed by atoms with Crippen LogP contribution >= 0.6 is 0 Å². The molecule has 2 aromatic rings. The van der Waals surface area contributed by atoms with Crippen molar-refractivity contribution < 1.29 is 22.6 Å². The van der Waals surface area contributed by atoms with Crippen molar-refractivity contribution >= 4 is 23.0 Å². The van der Waals surface area contributed by atoms with Gasteiger partial charge in [-0.3, -0.25) is 0 Å². The second-order valence-electron chi connectivity index (χ2n) is 5.01. The average Bonchev–Trinajstić information content (AvgIpc) is 2.94. The van der Waals surface area contributed by atoms with Gasteiger partial charge in [-0.1, -0.05) is 36.4 Å². The molecule has 4 nitrogen and oxygen atoms in total. The summed E-state index contributed by atoms with van der Waals surface area (Å²) in [6, 6.07) is 16.8. The topological polar surface area (TPSA) is 43.2 Å². The smallest absolute Gasteiger partial charge is 0.425 e. The Bertz CT molecular complexity index is 842. The summed E-state index contributed by atoms with van der Waals surface area (Å²) in [5.74, 6) is -0.934. The summed E-state index contributed by atoms with van der Waals surface area (Å²) >= 11 is 0. The summed E-state index contributed by atoms with van der Waals surface area (Å²) in [6.45, 7) is 0. The summed E-state index contributed by atoms with van der Waals surface area (Å²) in [4.78, 5) is 8.22. The van der Waals surface area contributed by atoms with Gasteiger partial charge in [0, 0.05) is 0 Å². The molecule has 7 heteroatoms. The lowest BCUT2D eigenvalue weighted by molar-refractivity contribution is -0.0911. The van der Waals surface area contributed by atoms with Gasteiger partial charge in [0.05, 0.1) is 18.5 Å². The van der Waals surface area contributed by atoms with Crippen LogP contribution < -0.4 is 0 Å². The zero-order valence-corrected chi connectivity index (χ0v) is 13.1. The van der Waals surface area contributed by atoms with E-state index >= 15 is 0 Å². The molecule has 0 unspecified atom stereocenters. The Labute approximate surface area is 141 Å². The van der Waals surface area contributed by atoms with Crippen LogP contribution in [-0.4, -0.2) is 24.9 Å². The molecule has 0 spiro atoms. The molecule has 2 aromatic carbocycles. The number of hydrogen-bond donors (Lipinski definition) is 0. The summed E-state index contributed by atoms with van der Waals surface area (Å²) in [6.07, 6.45) is -4.70. The van der Waals surface area contributed by atoms with Gasteiger partial charge in [0.25, 0.3) is 0 Å². The predicted octanol–water partition coefficient (Wildman–Crippen LogP) is 4.94. The molecule has 1 aliphatic rings. The summed E-state index contributed by atoms with van der Waals surface area (Å²) in [7, 11) is 1.10. The maximum Gasteiger partial charge on any atom is 0.425 e. The van der Waals surface area contributed by atoms with Crippen LogP contribution in [-0.2, 0) is 9.47 Å². The second kappa shape index (κ2) is 6.80. The van der Waals surface area contributed by atoms with Crippen LogP contribution in [0.25, 0.3) is 0 Å². The molecule has 0 saturated carbocycles. The number of halogens is 3. The van der Waals surface area contributed by atoms with Gasteiger partial charge in [-0.15, -0.1) is 0 Å². The Morgan fingerprint density at radius 2 is 1.36 bits per heavy atom. The average molecular weight is 346 g/mol. The van der Waals surface area contributed by atoms with Crippen molar-refractivity contribution in [1.82, 2.24) is 0 Å². The minimum atomic E-state index is -4.70. The first kappa shape index (κ1) is 16.8. The molecular formula is C18H13F3N2O2. The Morgan fingerprint density at radius 3 is 1.84 bits per heavy atom. The van der Waals surface area contributed by atoms with E-state index in [9.17, 15) is 13.2 Å². The van der Waals surface area contributed by atoms with E-state index in [2.05, 4.69) is 9.98 Å². The number of ether oxygens (including phenoxy) is 2. The first-order valence-corrected chi connectivity index (χ1v) is 7.30. The summed E-state index contributed by atoms with van der Waals surface area (Å²) in [5.41, 5.74) is -0.717. The lowest BCUT2D eigenvalue weighted by Gasteiger charge is -2.07. The van der Waals surface area contributed by atoms with Crippen LogP contribution in [0.4, 0.5) is 24.5 Å². The first-order valence-electron chi connectivity index (χ1n) is 7.30. The molecular weight excluding hydrogens is 333 g/mol. The molecule has 0 N–H and O–H groups in total. The zero-order valence-electron chi connectivity index (χ0n) is 13.1. The molecule has 1 heterocycles. The van der Waals surface area contributed by atoms with E-state index in [-0.39, 0.29) is 5.90 Å². The normalized spacial score (nSPS) is 17.9. The zero-order chi connectivity index (χ0) is 17.9. The first-order chi connectivity index (χ1) is 12.0. The van der Waals surface area contributed by atoms with Gasteiger partial charge in [0.2, 0.25) is 5.90 Å². The van der Waals surface area contributed by atoms with E-state index in [1.807, 2.05) is 0 Å². The molecule has 0 amide bonds. The minimum absolute atomic E-state index is 0.265. The van der Waals surface area contributed by atoms with E-state index in [0.29, 0.717) is 11.4 Å². The number of rotatable bonds is 3. The van der Waals surface area contributed by atoms with Crippen molar-refractivity contribution in [3.8, 4) is 0 Å². The lowest BCUT2D eigenvalue weighted by atomic mass is 10.1. The van der Waals surface area contributed by atoms with Crippen molar-refractivity contribution in [3.63, 3.8) is 0 Å². The van der Waals surface area contributed by atoms with Crippen molar-refractivity contribution in [2.75, 3.05) is 7.11 Å². The highest BCUT2D eigenvalue weighted by Gasteiger charge is 2.48. The maximum atomic E-state index is 13.5. The number of alkyl halides is 3. The summed E-state index contributed by atoms with van der Waals surface area (Å²) < 4.78 is 50.5. The van der Waals surface area contributed by atoms with E-state index < -0.39 is 23.4 Å². The van der Waals surface area contributed by atoms with Crippen LogP contribution in [0.3, 0.4) is 0 Å². The lowest BCUT2D eigenvalue weighted by Crippen LogP contribution is -2.22. The third-order valence-electron chi connectivity index (χ3n) is 3.29. The number of methoxy groups -OCH3 is 1. The highest BCUT2D eigenvalue weighted by Crippen LogP contribution is 2.36. The Balaban J connectivity index is 2.14. The maximum absolute atomic E-state index is 13.5. The quantitative estimate of drug-likeness (QED) is 0.790. The fourth-order valence-electron chi connectivity index (χ4n) is 2.22. The van der Waals surface area contributed by atoms with Gasteiger partial charge >= 0.3 is 12.1 Å². The third-order valence-corrected chi connectivity index (χ3v) is 3.29. The monoisotopic (exact) mass is 346 g/mol. The van der Waals surface area contributed by atoms with Crippen LogP contribution in [0.1, 0.15) is 0 Å². The van der Waals surface area contributed by atoms with Crippen LogP contribution in [0.2, 0.25) is 0 Å². The van der Waals surface area contributed by atoms with Crippen molar-refractivity contribution in [2.45, 2.75) is 6.18 Å². The van der Waals surface area contributed by atoms with Crippen LogP contribution in [0.5, 0.6) is 0 Å². The predicted molar refractivity (Wildman–Crippen MR) is 88.2 cm³/mol. The number of benzene rings is 2. The molecule has 128 valence electrons. The molecule has 3 rings (SSSR count). The molecule has 1 aliphatic heterocycles. The van der Waals surface area contributed by atoms with Gasteiger partial charge in [0.1, 0.15) is 5.71 Å². The Morgan fingerprint density at radius 1 is 0.840 bits per heavy atom. The van der Waals surface area contributed by atoms with Gasteiger partial charge in [-0.05, 0) is 24.3 Å². The van der Waals surface area contributed by atoms with Crippen LogP contribution in [0, 0.1) is 0 Å². The van der Waals surface area contributed by atoms with Crippen molar-refractivity contribution in [3.05, 3.63) is 72.2 Å². The second-order valence-corrected chi connectivity index (χ2v) is 5.01. The standard InChI is InChI=1S/C18H13F3N2O2/c1-24-17-14(18(19,20)21)15(22-12-8-4-2-5-9-12)16(25-17)23-13-10-6-3-7-11-13/h2-11H,1H3. The largest absolute Gasteiger partial charge is 0.468 e. The number of aliphatic imine (C=N–C) groups is 2. The van der Waals surface area contributed by atoms with Crippen LogP contribution in [0.15, 0.2) is 82.2 Å². The SMILES string of the molecule is COC1=C(C(F)(F)F)C(=Nc2ccccc2)C(=Nc2ccccc2)O1. The van der Waals surface area contributed by atoms with E-state index in [1.54, 1.807) is 60.7 Å². The molecule has 0 aliphatic carbocycles. The number of hydrogen-bond acceptors (Lipinski definition) is 4. The van der Waals surface area contributed by atoms with Gasteiger partial charge in [0.15, 0.2) is 5.57 Å². The fourth-order valence-corrected chi connectivity index (χ4v) is 2.22.